The maximum atomic E-state index is 14.0. The first-order chi connectivity index (χ1) is 14.1. The molecule has 1 fully saturated rings. The molecule has 2 heterocycles. The highest BCUT2D eigenvalue weighted by molar-refractivity contribution is 5.77. The van der Waals surface area contributed by atoms with E-state index in [0.717, 1.165) is 22.4 Å². The first-order valence-electron chi connectivity index (χ1n) is 9.89. The van der Waals surface area contributed by atoms with Crippen molar-refractivity contribution in [3.63, 3.8) is 0 Å². The molecule has 0 unspecified atom stereocenters. The van der Waals surface area contributed by atoms with Crippen LogP contribution < -0.4 is 4.90 Å². The van der Waals surface area contributed by atoms with Gasteiger partial charge in [0, 0.05) is 43.7 Å². The molecule has 29 heavy (non-hydrogen) atoms. The van der Waals surface area contributed by atoms with E-state index in [1.165, 1.54) is 6.07 Å². The fraction of sp³-hybridized carbons (Fsp3) is 0.304. The highest BCUT2D eigenvalue weighted by atomic mass is 19.1. The molecule has 150 valence electrons. The van der Waals surface area contributed by atoms with Crippen LogP contribution in [0.25, 0.3) is 11.3 Å². The summed E-state index contributed by atoms with van der Waals surface area (Å²) in [6, 6.07) is 14.9. The Morgan fingerprint density at radius 3 is 2.66 bits per heavy atom. The largest absolute Gasteiger partial charge is 0.366 e. The van der Waals surface area contributed by atoms with Gasteiger partial charge in [-0.05, 0) is 31.5 Å². The third kappa shape index (κ3) is 4.31. The summed E-state index contributed by atoms with van der Waals surface area (Å²) in [4.78, 5) is 16.5. The number of halogens is 1. The van der Waals surface area contributed by atoms with Crippen molar-refractivity contribution in [2.45, 2.75) is 19.8 Å². The average molecular weight is 393 g/mol. The predicted molar refractivity (Wildman–Crippen MR) is 110 cm³/mol. The molecule has 0 bridgehead atoms. The Morgan fingerprint density at radius 2 is 1.90 bits per heavy atom. The number of piperazine rings is 1. The molecule has 3 aromatic rings. The van der Waals surface area contributed by atoms with Crippen LogP contribution in [-0.4, -0.2) is 42.1 Å². The Balaban J connectivity index is 1.34. The van der Waals surface area contributed by atoms with E-state index in [4.69, 9.17) is 4.52 Å². The molecule has 1 aliphatic heterocycles. The summed E-state index contributed by atoms with van der Waals surface area (Å²) < 4.78 is 19.1. The fourth-order valence-corrected chi connectivity index (χ4v) is 3.77. The van der Waals surface area contributed by atoms with Crippen LogP contribution in [-0.2, 0) is 11.2 Å². The molecule has 2 aromatic carbocycles. The Hall–Kier alpha value is -3.15. The van der Waals surface area contributed by atoms with Crippen LogP contribution in [0.2, 0.25) is 0 Å². The zero-order chi connectivity index (χ0) is 20.2. The van der Waals surface area contributed by atoms with E-state index in [0.29, 0.717) is 44.7 Å². The summed E-state index contributed by atoms with van der Waals surface area (Å²) in [7, 11) is 0. The van der Waals surface area contributed by atoms with Crippen molar-refractivity contribution >= 4 is 11.6 Å². The minimum absolute atomic E-state index is 0.106. The highest BCUT2D eigenvalue weighted by Gasteiger charge is 2.23. The summed E-state index contributed by atoms with van der Waals surface area (Å²) in [5.74, 6) is -0.113. The molecular weight excluding hydrogens is 369 g/mol. The summed E-state index contributed by atoms with van der Waals surface area (Å²) >= 11 is 0. The van der Waals surface area contributed by atoms with E-state index in [1.54, 1.807) is 18.4 Å². The molecule has 1 saturated heterocycles. The van der Waals surface area contributed by atoms with E-state index in [2.05, 4.69) is 11.2 Å². The van der Waals surface area contributed by atoms with Crippen molar-refractivity contribution in [3.05, 3.63) is 71.7 Å². The van der Waals surface area contributed by atoms with Gasteiger partial charge in [-0.2, -0.15) is 0 Å². The van der Waals surface area contributed by atoms with Gasteiger partial charge in [-0.25, -0.2) is 4.39 Å². The maximum Gasteiger partial charge on any atom is 0.223 e. The Morgan fingerprint density at radius 1 is 1.10 bits per heavy atom. The van der Waals surface area contributed by atoms with Crippen LogP contribution in [0.15, 0.2) is 59.3 Å². The number of carbonyl (C=O) groups is 1. The third-order valence-electron chi connectivity index (χ3n) is 5.37. The van der Waals surface area contributed by atoms with Crippen LogP contribution in [0.1, 0.15) is 17.5 Å². The quantitative estimate of drug-likeness (QED) is 0.656. The van der Waals surface area contributed by atoms with Crippen LogP contribution in [0.5, 0.6) is 0 Å². The smallest absolute Gasteiger partial charge is 0.223 e. The zero-order valence-electron chi connectivity index (χ0n) is 16.5. The van der Waals surface area contributed by atoms with Gasteiger partial charge in [-0.1, -0.05) is 41.1 Å². The second-order valence-corrected chi connectivity index (χ2v) is 7.38. The maximum absolute atomic E-state index is 14.0. The van der Waals surface area contributed by atoms with Gasteiger partial charge in [-0.3, -0.25) is 4.79 Å². The molecule has 1 aliphatic rings. The lowest BCUT2D eigenvalue weighted by atomic mass is 10.0. The zero-order valence-corrected chi connectivity index (χ0v) is 16.5. The van der Waals surface area contributed by atoms with Gasteiger partial charge in [0.15, 0.2) is 0 Å². The average Bonchev–Trinajstić information content (AvgIpc) is 3.21. The monoisotopic (exact) mass is 393 g/mol. The van der Waals surface area contributed by atoms with Crippen molar-refractivity contribution in [1.29, 1.82) is 0 Å². The topological polar surface area (TPSA) is 49.6 Å². The van der Waals surface area contributed by atoms with Crippen LogP contribution in [0, 0.1) is 12.7 Å². The van der Waals surface area contributed by atoms with Crippen LogP contribution >= 0.6 is 0 Å². The number of amides is 1. The van der Waals surface area contributed by atoms with E-state index in [-0.39, 0.29) is 11.7 Å². The van der Waals surface area contributed by atoms with Gasteiger partial charge < -0.3 is 14.3 Å². The minimum atomic E-state index is -0.219. The van der Waals surface area contributed by atoms with Crippen molar-refractivity contribution in [2.75, 3.05) is 31.1 Å². The molecule has 1 amide bonds. The number of nitrogens with zero attached hydrogens (tertiary/aromatic N) is 3. The van der Waals surface area contributed by atoms with Gasteiger partial charge in [0.1, 0.15) is 17.8 Å². The lowest BCUT2D eigenvalue weighted by molar-refractivity contribution is -0.131. The minimum Gasteiger partial charge on any atom is -0.366 e. The summed E-state index contributed by atoms with van der Waals surface area (Å²) in [6.07, 6.45) is 2.61. The number of benzene rings is 2. The van der Waals surface area contributed by atoms with Crippen LogP contribution in [0.3, 0.4) is 0 Å². The number of rotatable bonds is 5. The second kappa shape index (κ2) is 8.47. The molecule has 0 aliphatic carbocycles. The van der Waals surface area contributed by atoms with Gasteiger partial charge in [0.05, 0.1) is 5.69 Å². The number of para-hydroxylation sites is 1. The lowest BCUT2D eigenvalue weighted by Crippen LogP contribution is -2.49. The van der Waals surface area contributed by atoms with Gasteiger partial charge in [-0.15, -0.1) is 0 Å². The molecule has 6 heteroatoms. The SMILES string of the molecule is Cc1cccc(-c2nocc2CCC(=O)N2CCN(c3ccccc3F)CC2)c1. The number of carbonyl (C=O) groups excluding carboxylic acids is 1. The highest BCUT2D eigenvalue weighted by Crippen LogP contribution is 2.25. The predicted octanol–water partition coefficient (Wildman–Crippen LogP) is 4.07. The van der Waals surface area contributed by atoms with E-state index in [1.807, 2.05) is 41.0 Å². The van der Waals surface area contributed by atoms with E-state index < -0.39 is 0 Å². The van der Waals surface area contributed by atoms with Crippen LogP contribution in [0.4, 0.5) is 10.1 Å². The standard InChI is InChI=1S/C23H24FN3O2/c1-17-5-4-6-18(15-17)23-19(16-29-25-23)9-10-22(28)27-13-11-26(12-14-27)21-8-3-2-7-20(21)24/h2-8,15-16H,9-14H2,1H3. The molecule has 0 atom stereocenters. The van der Waals surface area contributed by atoms with Crippen molar-refractivity contribution in [3.8, 4) is 11.3 Å². The van der Waals surface area contributed by atoms with Gasteiger partial charge in [0.2, 0.25) is 5.91 Å². The molecule has 0 N–H and O–H groups in total. The first-order valence-corrected chi connectivity index (χ1v) is 9.89. The van der Waals surface area contributed by atoms with E-state index in [9.17, 15) is 9.18 Å². The van der Waals surface area contributed by atoms with E-state index >= 15 is 0 Å². The number of aryl methyl sites for hydroxylation is 2. The molecule has 5 nitrogen and oxygen atoms in total. The third-order valence-corrected chi connectivity index (χ3v) is 5.37. The second-order valence-electron chi connectivity index (χ2n) is 7.38. The molecule has 0 spiro atoms. The number of anilines is 1. The lowest BCUT2D eigenvalue weighted by Gasteiger charge is -2.36. The van der Waals surface area contributed by atoms with Crippen molar-refractivity contribution < 1.29 is 13.7 Å². The Kier molecular flexibility index (Phi) is 5.60. The van der Waals surface area contributed by atoms with Gasteiger partial charge in [0.25, 0.3) is 0 Å². The summed E-state index contributed by atoms with van der Waals surface area (Å²) in [6.45, 7) is 4.50. The van der Waals surface area contributed by atoms with Crippen molar-refractivity contribution in [1.82, 2.24) is 10.1 Å². The molecular formula is C23H24FN3O2. The summed E-state index contributed by atoms with van der Waals surface area (Å²) in [5, 5.41) is 4.13. The number of hydrogen-bond donors (Lipinski definition) is 0. The number of aromatic nitrogens is 1. The summed E-state index contributed by atoms with van der Waals surface area (Å²) in [5.41, 5.74) is 4.49. The normalized spacial score (nSPS) is 14.3. The molecule has 0 saturated carbocycles. The van der Waals surface area contributed by atoms with Gasteiger partial charge >= 0.3 is 0 Å². The molecule has 4 rings (SSSR count). The first kappa shape index (κ1) is 19.2. The number of hydrogen-bond acceptors (Lipinski definition) is 4. The Labute approximate surface area is 169 Å². The molecule has 0 radical (unpaired) electrons. The fourth-order valence-electron chi connectivity index (χ4n) is 3.77. The van der Waals surface area contributed by atoms with Crippen molar-refractivity contribution in [2.24, 2.45) is 0 Å². The Bertz CT molecular complexity index is 993. The molecule has 1 aromatic heterocycles.